The number of likely N-dealkylation sites (tertiary alicyclic amines) is 1. The average Bonchev–Trinajstić information content (AvgIpc) is 2.82. The summed E-state index contributed by atoms with van der Waals surface area (Å²) in [6.07, 6.45) is 4.80. The van der Waals surface area contributed by atoms with Crippen molar-refractivity contribution in [3.63, 3.8) is 0 Å². The highest BCUT2D eigenvalue weighted by Crippen LogP contribution is 2.31. The van der Waals surface area contributed by atoms with Gasteiger partial charge >= 0.3 is 6.03 Å². The zero-order chi connectivity index (χ0) is 21.5. The number of carbonyl (C=O) groups excluding carboxylic acids is 1. The third-order valence-electron chi connectivity index (χ3n) is 5.29. The van der Waals surface area contributed by atoms with Crippen LogP contribution in [-0.2, 0) is 4.74 Å². The lowest BCUT2D eigenvalue weighted by molar-refractivity contribution is -0.0620. The van der Waals surface area contributed by atoms with Gasteiger partial charge in [0.15, 0.2) is 12.0 Å². The maximum absolute atomic E-state index is 13.1. The molecule has 1 aromatic heterocycles. The number of carbonyl (C=O) groups is 1. The van der Waals surface area contributed by atoms with E-state index < -0.39 is 6.23 Å². The molecule has 0 saturated carbocycles. The van der Waals surface area contributed by atoms with E-state index in [0.717, 1.165) is 29.5 Å². The third-order valence-corrected chi connectivity index (χ3v) is 5.29. The zero-order valence-electron chi connectivity index (χ0n) is 17.5. The van der Waals surface area contributed by atoms with E-state index in [2.05, 4.69) is 33.7 Å². The molecule has 31 heavy (non-hydrogen) atoms. The van der Waals surface area contributed by atoms with Crippen LogP contribution in [0.2, 0.25) is 0 Å². The highest BCUT2D eigenvalue weighted by Gasteiger charge is 2.33. The fourth-order valence-electron chi connectivity index (χ4n) is 3.72. The lowest BCUT2D eigenvalue weighted by atomic mass is 9.99. The highest BCUT2D eigenvalue weighted by molar-refractivity contribution is 5.88. The van der Waals surface area contributed by atoms with Crippen LogP contribution in [0.25, 0.3) is 6.08 Å². The molecule has 1 fully saturated rings. The molecule has 0 bridgehead atoms. The van der Waals surface area contributed by atoms with Crippen molar-refractivity contribution < 1.29 is 9.53 Å². The first-order valence-electron chi connectivity index (χ1n) is 10.5. The molecule has 3 aromatic rings. The van der Waals surface area contributed by atoms with Crippen LogP contribution in [0.15, 0.2) is 84.6 Å². The Labute approximate surface area is 182 Å². The second-order valence-electron chi connectivity index (χ2n) is 7.51. The summed E-state index contributed by atoms with van der Waals surface area (Å²) in [5.41, 5.74) is 3.24. The molecule has 6 nitrogen and oxygen atoms in total. The molecule has 1 N–H and O–H groups in total. The van der Waals surface area contributed by atoms with Gasteiger partial charge in [-0.25, -0.2) is 4.79 Å². The minimum absolute atomic E-state index is 0.171. The fourth-order valence-corrected chi connectivity index (χ4v) is 3.72. The Balaban J connectivity index is 1.61. The van der Waals surface area contributed by atoms with E-state index in [1.165, 1.54) is 0 Å². The number of amides is 2. The lowest BCUT2D eigenvalue weighted by Gasteiger charge is -2.38. The molecular weight excluding hydrogens is 388 g/mol. The van der Waals surface area contributed by atoms with Gasteiger partial charge in [-0.2, -0.15) is 5.10 Å². The maximum Gasteiger partial charge on any atom is 0.325 e. The van der Waals surface area contributed by atoms with Crippen molar-refractivity contribution in [1.82, 2.24) is 15.1 Å². The Morgan fingerprint density at radius 3 is 2.55 bits per heavy atom. The number of piperidine rings is 1. The van der Waals surface area contributed by atoms with Gasteiger partial charge < -0.3 is 4.74 Å². The summed E-state index contributed by atoms with van der Waals surface area (Å²) in [6.45, 7) is 2.62. The Hall–Kier alpha value is -3.51. The predicted octanol–water partition coefficient (Wildman–Crippen LogP) is 5.29. The maximum atomic E-state index is 13.1. The fraction of sp³-hybridized carbons (Fsp3) is 0.240. The second-order valence-corrected chi connectivity index (χ2v) is 7.51. The summed E-state index contributed by atoms with van der Waals surface area (Å²) in [5.74, 6) is 0.418. The quantitative estimate of drug-likeness (QED) is 0.616. The summed E-state index contributed by atoms with van der Waals surface area (Å²) in [4.78, 5) is 14.9. The van der Waals surface area contributed by atoms with Gasteiger partial charge in [-0.15, -0.1) is 5.10 Å². The number of rotatable bonds is 5. The van der Waals surface area contributed by atoms with Crippen LogP contribution in [0.5, 0.6) is 0 Å². The van der Waals surface area contributed by atoms with Gasteiger partial charge in [0.1, 0.15) is 0 Å². The zero-order valence-corrected chi connectivity index (χ0v) is 17.5. The van der Waals surface area contributed by atoms with Crippen LogP contribution in [0.1, 0.15) is 37.0 Å². The molecule has 2 amide bonds. The standard InChI is InChI=1S/C25H26N4O2/c1-19(21-12-6-3-7-13-21)31-24-22(18-20-10-4-2-5-11-20)14-9-17-29(24)25(30)27-23-15-8-16-26-28-23/h2-8,10-13,15-16,18-19,24H,9,14,17H2,1H3,(H,27,28,30)/b22-18-. The number of urea groups is 1. The summed E-state index contributed by atoms with van der Waals surface area (Å²) in [6, 6.07) is 23.4. The van der Waals surface area contributed by atoms with Crippen molar-refractivity contribution in [3.05, 3.63) is 95.7 Å². The van der Waals surface area contributed by atoms with Gasteiger partial charge in [0, 0.05) is 12.7 Å². The summed E-state index contributed by atoms with van der Waals surface area (Å²) in [7, 11) is 0. The van der Waals surface area contributed by atoms with Crippen molar-refractivity contribution in [3.8, 4) is 0 Å². The van der Waals surface area contributed by atoms with Crippen molar-refractivity contribution in [2.24, 2.45) is 0 Å². The molecule has 1 aliphatic rings. The summed E-state index contributed by atoms with van der Waals surface area (Å²) in [5, 5.41) is 10.6. The minimum atomic E-state index is -0.471. The van der Waals surface area contributed by atoms with Crippen LogP contribution in [0, 0.1) is 0 Å². The molecule has 0 spiro atoms. The van der Waals surface area contributed by atoms with E-state index in [1.54, 1.807) is 23.2 Å². The van der Waals surface area contributed by atoms with Crippen LogP contribution < -0.4 is 5.32 Å². The van der Waals surface area contributed by atoms with Crippen LogP contribution >= 0.6 is 0 Å². The van der Waals surface area contributed by atoms with Gasteiger partial charge in [-0.3, -0.25) is 10.2 Å². The van der Waals surface area contributed by atoms with Gasteiger partial charge in [0.25, 0.3) is 0 Å². The number of nitrogens with zero attached hydrogens (tertiary/aromatic N) is 3. The molecule has 2 heterocycles. The molecule has 158 valence electrons. The Morgan fingerprint density at radius 2 is 1.84 bits per heavy atom. The van der Waals surface area contributed by atoms with Crippen LogP contribution in [0.4, 0.5) is 10.6 Å². The molecule has 2 unspecified atom stereocenters. The van der Waals surface area contributed by atoms with Crippen LogP contribution in [0.3, 0.4) is 0 Å². The predicted molar refractivity (Wildman–Crippen MR) is 121 cm³/mol. The topological polar surface area (TPSA) is 67.3 Å². The first-order valence-corrected chi connectivity index (χ1v) is 10.5. The van der Waals surface area contributed by atoms with E-state index in [9.17, 15) is 4.79 Å². The lowest BCUT2D eigenvalue weighted by Crippen LogP contribution is -2.48. The Bertz CT molecular complexity index is 1010. The number of nitrogens with one attached hydrogen (secondary N) is 1. The molecule has 4 rings (SSSR count). The van der Waals surface area contributed by atoms with E-state index >= 15 is 0 Å². The van der Waals surface area contributed by atoms with Gasteiger partial charge in [0.05, 0.1) is 6.10 Å². The van der Waals surface area contributed by atoms with Gasteiger partial charge in [-0.05, 0) is 48.6 Å². The number of ether oxygens (including phenoxy) is 1. The monoisotopic (exact) mass is 414 g/mol. The average molecular weight is 415 g/mol. The SMILES string of the molecule is CC(OC1/C(=C\c2ccccc2)CCCN1C(=O)Nc1cccnn1)c1ccccc1. The number of aromatic nitrogens is 2. The molecule has 1 saturated heterocycles. The molecule has 0 aliphatic carbocycles. The normalized spacial score (nSPS) is 18.5. The molecule has 1 aliphatic heterocycles. The van der Waals surface area contributed by atoms with Crippen molar-refractivity contribution >= 4 is 17.9 Å². The second kappa shape index (κ2) is 10.00. The molecule has 2 atom stereocenters. The van der Waals surface area contributed by atoms with E-state index in [4.69, 9.17) is 4.74 Å². The van der Waals surface area contributed by atoms with Crippen molar-refractivity contribution in [2.75, 3.05) is 11.9 Å². The van der Waals surface area contributed by atoms with Gasteiger partial charge in [0.2, 0.25) is 0 Å². The number of benzene rings is 2. The number of hydrogen-bond acceptors (Lipinski definition) is 4. The first-order chi connectivity index (χ1) is 15.2. The van der Waals surface area contributed by atoms with Crippen LogP contribution in [-0.4, -0.2) is 33.9 Å². The molecule has 0 radical (unpaired) electrons. The molecule has 2 aromatic carbocycles. The molecular formula is C25H26N4O2. The van der Waals surface area contributed by atoms with E-state index in [0.29, 0.717) is 12.4 Å². The third kappa shape index (κ3) is 5.35. The smallest absolute Gasteiger partial charge is 0.325 e. The van der Waals surface area contributed by atoms with Gasteiger partial charge in [-0.1, -0.05) is 66.7 Å². The van der Waals surface area contributed by atoms with E-state index in [1.807, 2.05) is 55.5 Å². The number of hydrogen-bond donors (Lipinski definition) is 1. The van der Waals surface area contributed by atoms with Crippen molar-refractivity contribution in [2.45, 2.75) is 32.1 Å². The van der Waals surface area contributed by atoms with Crippen molar-refractivity contribution in [1.29, 1.82) is 0 Å². The first kappa shape index (κ1) is 20.8. The Morgan fingerprint density at radius 1 is 1.10 bits per heavy atom. The number of anilines is 1. The molecule has 6 heteroatoms. The minimum Gasteiger partial charge on any atom is -0.347 e. The van der Waals surface area contributed by atoms with E-state index in [-0.39, 0.29) is 12.1 Å². The Kier molecular flexibility index (Phi) is 6.69. The highest BCUT2D eigenvalue weighted by atomic mass is 16.5. The summed E-state index contributed by atoms with van der Waals surface area (Å²) >= 11 is 0. The largest absolute Gasteiger partial charge is 0.347 e. The summed E-state index contributed by atoms with van der Waals surface area (Å²) < 4.78 is 6.49.